The van der Waals surface area contributed by atoms with Gasteiger partial charge in [0.1, 0.15) is 0 Å². The first-order valence-corrected chi connectivity index (χ1v) is 6.46. The molecule has 0 saturated carbocycles. The van der Waals surface area contributed by atoms with Crippen LogP contribution in [0.2, 0.25) is 12.6 Å². The zero-order valence-corrected chi connectivity index (χ0v) is 8.94. The van der Waals surface area contributed by atoms with Crippen LogP contribution in [0.5, 0.6) is 0 Å². The van der Waals surface area contributed by atoms with E-state index in [9.17, 15) is 0 Å². The van der Waals surface area contributed by atoms with Crippen molar-refractivity contribution in [2.45, 2.75) is 19.0 Å². The number of hydrogen-bond acceptors (Lipinski definition) is 3. The summed E-state index contributed by atoms with van der Waals surface area (Å²) in [4.78, 5) is 0. The largest absolute Gasteiger partial charge is 0.398 e. The lowest BCUT2D eigenvalue weighted by Crippen LogP contribution is -2.36. The van der Waals surface area contributed by atoms with Crippen molar-refractivity contribution >= 4 is 8.56 Å². The van der Waals surface area contributed by atoms with E-state index < -0.39 is 8.56 Å². The Labute approximate surface area is 70.3 Å². The highest BCUT2D eigenvalue weighted by Gasteiger charge is 2.27. The quantitative estimate of drug-likeness (QED) is 0.484. The van der Waals surface area contributed by atoms with Crippen molar-refractivity contribution in [2.24, 2.45) is 0 Å². The minimum absolute atomic E-state index is 1.04. The minimum atomic E-state index is -1.77. The fourth-order valence-corrected chi connectivity index (χ4v) is 2.27. The van der Waals surface area contributed by atoms with Crippen molar-refractivity contribution in [1.82, 2.24) is 5.32 Å². The molecule has 3 nitrogen and oxygen atoms in total. The summed E-state index contributed by atoms with van der Waals surface area (Å²) in [5.41, 5.74) is 0. The zero-order chi connectivity index (χ0) is 8.74. The third kappa shape index (κ3) is 4.52. The second kappa shape index (κ2) is 5.71. The monoisotopic (exact) mass is 177 g/mol. The van der Waals surface area contributed by atoms with Crippen LogP contribution in [0.3, 0.4) is 0 Å². The van der Waals surface area contributed by atoms with Crippen LogP contribution in [-0.2, 0) is 8.85 Å². The lowest BCUT2D eigenvalue weighted by molar-refractivity contribution is 0.248. The van der Waals surface area contributed by atoms with Crippen LogP contribution in [-0.4, -0.2) is 36.4 Å². The summed E-state index contributed by atoms with van der Waals surface area (Å²) in [6, 6.07) is 1.06. The van der Waals surface area contributed by atoms with E-state index in [1.54, 1.807) is 14.2 Å². The van der Waals surface area contributed by atoms with Crippen molar-refractivity contribution < 1.29 is 8.85 Å². The molecule has 4 heteroatoms. The molecule has 0 radical (unpaired) electrons. The number of nitrogens with one attached hydrogen (secondary N) is 1. The molecule has 0 unspecified atom stereocenters. The van der Waals surface area contributed by atoms with Crippen LogP contribution in [0.15, 0.2) is 0 Å². The van der Waals surface area contributed by atoms with Gasteiger partial charge in [0.2, 0.25) is 0 Å². The van der Waals surface area contributed by atoms with E-state index in [-0.39, 0.29) is 0 Å². The van der Waals surface area contributed by atoms with Gasteiger partial charge < -0.3 is 14.2 Å². The molecule has 11 heavy (non-hydrogen) atoms. The maximum Gasteiger partial charge on any atom is 0.334 e. The zero-order valence-electron chi connectivity index (χ0n) is 7.94. The average Bonchev–Trinajstić information content (AvgIpc) is 2.05. The Hall–Kier alpha value is 0.0969. The maximum absolute atomic E-state index is 5.32. The third-order valence-electron chi connectivity index (χ3n) is 1.92. The van der Waals surface area contributed by atoms with Gasteiger partial charge in [-0.15, -0.1) is 0 Å². The Morgan fingerprint density at radius 1 is 1.27 bits per heavy atom. The summed E-state index contributed by atoms with van der Waals surface area (Å²) in [5, 5.41) is 3.10. The Kier molecular flexibility index (Phi) is 5.76. The molecule has 0 bridgehead atoms. The molecule has 0 aliphatic rings. The van der Waals surface area contributed by atoms with Gasteiger partial charge in [0.05, 0.1) is 0 Å². The van der Waals surface area contributed by atoms with Crippen molar-refractivity contribution in [1.29, 1.82) is 0 Å². The van der Waals surface area contributed by atoms with Gasteiger partial charge in [-0.05, 0) is 32.6 Å². The van der Waals surface area contributed by atoms with Gasteiger partial charge in [0.25, 0.3) is 0 Å². The molecular weight excluding hydrogens is 158 g/mol. The van der Waals surface area contributed by atoms with Crippen LogP contribution in [0.1, 0.15) is 6.42 Å². The van der Waals surface area contributed by atoms with E-state index in [1.165, 1.54) is 0 Å². The predicted octanol–water partition coefficient (Wildman–Crippen LogP) is 0.961. The van der Waals surface area contributed by atoms with Gasteiger partial charge in [-0.25, -0.2) is 0 Å². The second-order valence-electron chi connectivity index (χ2n) is 2.75. The molecule has 0 aromatic carbocycles. The highest BCUT2D eigenvalue weighted by atomic mass is 28.4. The van der Waals surface area contributed by atoms with Crippen LogP contribution in [0.25, 0.3) is 0 Å². The van der Waals surface area contributed by atoms with Crippen LogP contribution in [0, 0.1) is 0 Å². The van der Waals surface area contributed by atoms with E-state index in [4.69, 9.17) is 8.85 Å². The van der Waals surface area contributed by atoms with Gasteiger partial charge in [-0.1, -0.05) is 0 Å². The average molecular weight is 177 g/mol. The highest BCUT2D eigenvalue weighted by Crippen LogP contribution is 2.12. The molecule has 0 aliphatic carbocycles. The topological polar surface area (TPSA) is 30.5 Å². The molecular formula is C7H19NO2Si. The summed E-state index contributed by atoms with van der Waals surface area (Å²) in [5.74, 6) is 0. The fraction of sp³-hybridized carbons (Fsp3) is 1.00. The number of rotatable bonds is 6. The smallest absolute Gasteiger partial charge is 0.334 e. The molecule has 0 rings (SSSR count). The molecule has 0 fully saturated rings. The summed E-state index contributed by atoms with van der Waals surface area (Å²) in [6.45, 7) is 3.12. The van der Waals surface area contributed by atoms with Gasteiger partial charge >= 0.3 is 8.56 Å². The standard InChI is InChI=1S/C7H19NO2Si/c1-8-6-5-7-11(4,9-2)10-3/h8H,5-7H2,1-4H3. The minimum Gasteiger partial charge on any atom is -0.398 e. The van der Waals surface area contributed by atoms with E-state index in [1.807, 2.05) is 7.05 Å². The Morgan fingerprint density at radius 2 is 1.82 bits per heavy atom. The molecule has 0 spiro atoms. The highest BCUT2D eigenvalue weighted by molar-refractivity contribution is 6.65. The third-order valence-corrected chi connectivity index (χ3v) is 4.91. The van der Waals surface area contributed by atoms with Crippen molar-refractivity contribution in [3.63, 3.8) is 0 Å². The van der Waals surface area contributed by atoms with Gasteiger partial charge in [-0.2, -0.15) is 0 Å². The molecule has 1 N–H and O–H groups in total. The van der Waals surface area contributed by atoms with Crippen LogP contribution >= 0.6 is 0 Å². The fourth-order valence-electron chi connectivity index (χ4n) is 0.874. The summed E-state index contributed by atoms with van der Waals surface area (Å²) >= 11 is 0. The Morgan fingerprint density at radius 3 is 2.18 bits per heavy atom. The summed E-state index contributed by atoms with van der Waals surface area (Å²) in [6.07, 6.45) is 1.13. The second-order valence-corrected chi connectivity index (χ2v) is 6.33. The summed E-state index contributed by atoms with van der Waals surface area (Å²) < 4.78 is 10.6. The van der Waals surface area contributed by atoms with Gasteiger partial charge in [0.15, 0.2) is 0 Å². The number of hydrogen-bond donors (Lipinski definition) is 1. The van der Waals surface area contributed by atoms with Gasteiger partial charge in [-0.3, -0.25) is 0 Å². The molecule has 0 amide bonds. The lowest BCUT2D eigenvalue weighted by atomic mass is 10.5. The van der Waals surface area contributed by atoms with E-state index in [0.717, 1.165) is 19.0 Å². The van der Waals surface area contributed by atoms with Crippen LogP contribution < -0.4 is 5.32 Å². The first-order chi connectivity index (χ1) is 5.18. The molecule has 0 saturated heterocycles. The normalized spacial score (nSPS) is 12.0. The van der Waals surface area contributed by atoms with E-state index >= 15 is 0 Å². The van der Waals surface area contributed by atoms with Crippen molar-refractivity contribution in [2.75, 3.05) is 27.8 Å². The maximum atomic E-state index is 5.32. The molecule has 0 heterocycles. The van der Waals surface area contributed by atoms with E-state index in [0.29, 0.717) is 0 Å². The molecule has 0 aliphatic heterocycles. The van der Waals surface area contributed by atoms with E-state index in [2.05, 4.69) is 11.9 Å². The first kappa shape index (κ1) is 11.1. The summed E-state index contributed by atoms with van der Waals surface area (Å²) in [7, 11) is 3.64. The SMILES string of the molecule is CNCCC[Si](C)(OC)OC. The first-order valence-electron chi connectivity index (χ1n) is 3.93. The Bertz CT molecular complexity index is 96.4. The van der Waals surface area contributed by atoms with Crippen LogP contribution in [0.4, 0.5) is 0 Å². The molecule has 0 aromatic rings. The van der Waals surface area contributed by atoms with Crippen molar-refractivity contribution in [3.8, 4) is 0 Å². The van der Waals surface area contributed by atoms with Crippen molar-refractivity contribution in [3.05, 3.63) is 0 Å². The molecule has 0 atom stereocenters. The predicted molar refractivity (Wildman–Crippen MR) is 49.0 cm³/mol. The lowest BCUT2D eigenvalue weighted by Gasteiger charge is -2.22. The molecule has 0 aromatic heterocycles. The molecule has 68 valence electrons. The Balaban J connectivity index is 3.51. The van der Waals surface area contributed by atoms with Gasteiger partial charge in [0, 0.05) is 14.2 Å².